The molecule has 4 heteroatoms. The van der Waals surface area contributed by atoms with E-state index in [9.17, 15) is 0 Å². The molecule has 1 aromatic heterocycles. The number of hydrogen-bond donors (Lipinski definition) is 1. The lowest BCUT2D eigenvalue weighted by Crippen LogP contribution is -2.31. The number of aromatic nitrogens is 2. The minimum Gasteiger partial charge on any atom is -0.316 e. The van der Waals surface area contributed by atoms with Crippen LogP contribution >= 0.6 is 11.8 Å². The van der Waals surface area contributed by atoms with Crippen molar-refractivity contribution < 1.29 is 0 Å². The van der Waals surface area contributed by atoms with Crippen LogP contribution in [0.15, 0.2) is 17.4 Å². The zero-order valence-corrected chi connectivity index (χ0v) is 9.18. The third-order valence-electron chi connectivity index (χ3n) is 2.37. The summed E-state index contributed by atoms with van der Waals surface area (Å²) in [5, 5.41) is 5.16. The minimum absolute atomic E-state index is 0.666. The summed E-state index contributed by atoms with van der Waals surface area (Å²) in [6.07, 6.45) is 6.08. The topological polar surface area (TPSA) is 37.8 Å². The highest BCUT2D eigenvalue weighted by molar-refractivity contribution is 7.99. The smallest absolute Gasteiger partial charge is 0.118 e. The molecule has 1 aliphatic rings. The second-order valence-electron chi connectivity index (χ2n) is 3.53. The Morgan fingerprint density at radius 1 is 1.43 bits per heavy atom. The molecular weight excluding hydrogens is 194 g/mol. The molecule has 0 amide bonds. The summed E-state index contributed by atoms with van der Waals surface area (Å²) in [6, 6.07) is 0. The van der Waals surface area contributed by atoms with Crippen molar-refractivity contribution in [3.8, 4) is 0 Å². The number of piperidine rings is 1. The second kappa shape index (κ2) is 4.75. The van der Waals surface area contributed by atoms with Crippen molar-refractivity contribution in [2.45, 2.75) is 30.0 Å². The van der Waals surface area contributed by atoms with Crippen molar-refractivity contribution in [3.63, 3.8) is 0 Å². The summed E-state index contributed by atoms with van der Waals surface area (Å²) in [5.74, 6) is 0. The Morgan fingerprint density at radius 3 is 3.00 bits per heavy atom. The number of hydrogen-bond acceptors (Lipinski definition) is 4. The van der Waals surface area contributed by atoms with Crippen molar-refractivity contribution in [2.75, 3.05) is 13.1 Å². The Bertz CT molecular complexity index is 297. The van der Waals surface area contributed by atoms with Gasteiger partial charge in [0.15, 0.2) is 0 Å². The lowest BCUT2D eigenvalue weighted by atomic mass is 10.2. The van der Waals surface area contributed by atoms with Gasteiger partial charge >= 0.3 is 0 Å². The third kappa shape index (κ3) is 2.45. The first-order valence-corrected chi connectivity index (χ1v) is 5.89. The van der Waals surface area contributed by atoms with Gasteiger partial charge in [0.1, 0.15) is 5.03 Å². The largest absolute Gasteiger partial charge is 0.316 e. The fourth-order valence-electron chi connectivity index (χ4n) is 1.59. The Kier molecular flexibility index (Phi) is 3.37. The molecule has 0 bridgehead atoms. The van der Waals surface area contributed by atoms with E-state index < -0.39 is 0 Å². The van der Waals surface area contributed by atoms with E-state index in [2.05, 4.69) is 15.3 Å². The third-order valence-corrected chi connectivity index (χ3v) is 3.73. The van der Waals surface area contributed by atoms with Crippen LogP contribution in [-0.4, -0.2) is 28.3 Å². The standard InChI is InChI=1S/C10H15N3S/c1-8-10(13-6-5-12-8)14-9-3-2-4-11-7-9/h5-6,9,11H,2-4,7H2,1H3/t9-/m1/s1. The number of thioether (sulfide) groups is 1. The Hall–Kier alpha value is -0.610. The monoisotopic (exact) mass is 209 g/mol. The molecule has 1 saturated heterocycles. The zero-order chi connectivity index (χ0) is 9.80. The van der Waals surface area contributed by atoms with Gasteiger partial charge in [-0.2, -0.15) is 0 Å². The molecule has 14 heavy (non-hydrogen) atoms. The fraction of sp³-hybridized carbons (Fsp3) is 0.600. The van der Waals surface area contributed by atoms with Gasteiger partial charge in [-0.05, 0) is 26.3 Å². The molecule has 0 aliphatic carbocycles. The second-order valence-corrected chi connectivity index (χ2v) is 4.82. The molecule has 1 aliphatic heterocycles. The van der Waals surface area contributed by atoms with Crippen molar-refractivity contribution in [3.05, 3.63) is 18.1 Å². The number of aryl methyl sites for hydroxylation is 1. The van der Waals surface area contributed by atoms with Crippen LogP contribution in [0, 0.1) is 6.92 Å². The van der Waals surface area contributed by atoms with Gasteiger partial charge < -0.3 is 5.32 Å². The van der Waals surface area contributed by atoms with E-state index in [-0.39, 0.29) is 0 Å². The maximum absolute atomic E-state index is 4.35. The average molecular weight is 209 g/mol. The number of rotatable bonds is 2. The van der Waals surface area contributed by atoms with E-state index in [1.807, 2.05) is 18.7 Å². The molecule has 0 saturated carbocycles. The summed E-state index contributed by atoms with van der Waals surface area (Å²) in [7, 11) is 0. The van der Waals surface area contributed by atoms with Gasteiger partial charge in [-0.25, -0.2) is 4.98 Å². The Labute approximate surface area is 88.7 Å². The molecule has 1 N–H and O–H groups in total. The van der Waals surface area contributed by atoms with E-state index in [1.165, 1.54) is 12.8 Å². The first-order valence-electron chi connectivity index (χ1n) is 5.01. The number of nitrogens with zero attached hydrogens (tertiary/aromatic N) is 2. The van der Waals surface area contributed by atoms with Gasteiger partial charge in [-0.15, -0.1) is 0 Å². The van der Waals surface area contributed by atoms with Crippen LogP contribution in [0.3, 0.4) is 0 Å². The normalized spacial score (nSPS) is 22.2. The van der Waals surface area contributed by atoms with Crippen molar-refractivity contribution in [1.82, 2.24) is 15.3 Å². The maximum atomic E-state index is 4.35. The summed E-state index contributed by atoms with van der Waals surface area (Å²) < 4.78 is 0. The fourth-order valence-corrected chi connectivity index (χ4v) is 2.74. The highest BCUT2D eigenvalue weighted by Crippen LogP contribution is 2.26. The van der Waals surface area contributed by atoms with Gasteiger partial charge in [-0.3, -0.25) is 4.98 Å². The van der Waals surface area contributed by atoms with Crippen LogP contribution in [0.25, 0.3) is 0 Å². The molecule has 1 fully saturated rings. The van der Waals surface area contributed by atoms with Crippen LogP contribution < -0.4 is 5.32 Å². The lowest BCUT2D eigenvalue weighted by Gasteiger charge is -2.21. The van der Waals surface area contributed by atoms with Gasteiger partial charge in [0, 0.05) is 24.2 Å². The van der Waals surface area contributed by atoms with Gasteiger partial charge in [0.2, 0.25) is 0 Å². The van der Waals surface area contributed by atoms with E-state index in [0.717, 1.165) is 23.8 Å². The van der Waals surface area contributed by atoms with Crippen molar-refractivity contribution in [1.29, 1.82) is 0 Å². The first-order chi connectivity index (χ1) is 6.86. The summed E-state index contributed by atoms with van der Waals surface area (Å²) in [4.78, 5) is 8.59. The quantitative estimate of drug-likeness (QED) is 0.803. The summed E-state index contributed by atoms with van der Waals surface area (Å²) in [5.41, 5.74) is 1.04. The molecule has 1 aromatic rings. The molecule has 3 nitrogen and oxygen atoms in total. The minimum atomic E-state index is 0.666. The van der Waals surface area contributed by atoms with E-state index in [0.29, 0.717) is 5.25 Å². The molecule has 0 spiro atoms. The van der Waals surface area contributed by atoms with Gasteiger partial charge in [0.05, 0.1) is 5.69 Å². The zero-order valence-electron chi connectivity index (χ0n) is 8.36. The molecule has 1 atom stereocenters. The molecule has 2 rings (SSSR count). The predicted octanol–water partition coefficient (Wildman–Crippen LogP) is 1.63. The highest BCUT2D eigenvalue weighted by atomic mass is 32.2. The molecule has 0 radical (unpaired) electrons. The van der Waals surface area contributed by atoms with Crippen molar-refractivity contribution >= 4 is 11.8 Å². The number of nitrogens with one attached hydrogen (secondary N) is 1. The van der Waals surface area contributed by atoms with Crippen LogP contribution in [0.1, 0.15) is 18.5 Å². The molecular formula is C10H15N3S. The summed E-state index contributed by atoms with van der Waals surface area (Å²) in [6.45, 7) is 4.28. The Balaban J connectivity index is 1.99. The van der Waals surface area contributed by atoms with E-state index >= 15 is 0 Å². The van der Waals surface area contributed by atoms with E-state index in [1.54, 1.807) is 12.4 Å². The van der Waals surface area contributed by atoms with E-state index in [4.69, 9.17) is 0 Å². The Morgan fingerprint density at radius 2 is 2.29 bits per heavy atom. The molecule has 0 unspecified atom stereocenters. The molecule has 0 aromatic carbocycles. The van der Waals surface area contributed by atoms with Gasteiger partial charge in [-0.1, -0.05) is 11.8 Å². The maximum Gasteiger partial charge on any atom is 0.118 e. The van der Waals surface area contributed by atoms with Crippen LogP contribution in [0.4, 0.5) is 0 Å². The molecule has 2 heterocycles. The average Bonchev–Trinajstić information content (AvgIpc) is 2.23. The molecule has 76 valence electrons. The van der Waals surface area contributed by atoms with Crippen LogP contribution in [-0.2, 0) is 0 Å². The van der Waals surface area contributed by atoms with Gasteiger partial charge in [0.25, 0.3) is 0 Å². The van der Waals surface area contributed by atoms with Crippen LogP contribution in [0.5, 0.6) is 0 Å². The highest BCUT2D eigenvalue weighted by Gasteiger charge is 2.15. The predicted molar refractivity (Wildman–Crippen MR) is 58.5 cm³/mol. The first kappa shape index (κ1) is 9.93. The SMILES string of the molecule is Cc1nccnc1S[C@@H]1CCCNC1. The van der Waals surface area contributed by atoms with Crippen LogP contribution in [0.2, 0.25) is 0 Å². The van der Waals surface area contributed by atoms with Crippen molar-refractivity contribution in [2.24, 2.45) is 0 Å². The lowest BCUT2D eigenvalue weighted by molar-refractivity contribution is 0.531. The summed E-state index contributed by atoms with van der Waals surface area (Å²) >= 11 is 1.86.